The predicted molar refractivity (Wildman–Crippen MR) is 73.4 cm³/mol. The van der Waals surface area contributed by atoms with Gasteiger partial charge in [-0.1, -0.05) is 0 Å². The minimum absolute atomic E-state index is 0.128. The summed E-state index contributed by atoms with van der Waals surface area (Å²) in [5.41, 5.74) is 4.63. The fourth-order valence-corrected chi connectivity index (χ4v) is 1.60. The summed E-state index contributed by atoms with van der Waals surface area (Å²) in [5, 5.41) is 13.7. The largest absolute Gasteiger partial charge is 0.478 e. The van der Waals surface area contributed by atoms with Gasteiger partial charge >= 0.3 is 12.0 Å². The van der Waals surface area contributed by atoms with Crippen molar-refractivity contribution in [3.05, 3.63) is 29.6 Å². The first-order valence-electron chi connectivity index (χ1n) is 6.26. The van der Waals surface area contributed by atoms with Crippen molar-refractivity contribution >= 4 is 23.6 Å². The molecule has 0 aliphatic rings. The second kappa shape index (κ2) is 7.83. The van der Waals surface area contributed by atoms with Crippen LogP contribution in [0.4, 0.5) is 14.9 Å². The number of nitrogens with one attached hydrogen (secondary N) is 2. The lowest BCUT2D eigenvalue weighted by Crippen LogP contribution is -2.30. The molecule has 1 aromatic rings. The number of amides is 3. The number of carboxylic acid groups (broad SMARTS) is 1. The smallest absolute Gasteiger partial charge is 0.337 e. The number of hydrogen-bond acceptors (Lipinski definition) is 3. The van der Waals surface area contributed by atoms with Crippen LogP contribution in [0.5, 0.6) is 0 Å². The first kappa shape index (κ1) is 16.4. The van der Waals surface area contributed by atoms with E-state index in [0.29, 0.717) is 12.8 Å². The third kappa shape index (κ3) is 5.89. The van der Waals surface area contributed by atoms with Gasteiger partial charge in [0.15, 0.2) is 0 Å². The van der Waals surface area contributed by atoms with Gasteiger partial charge in [-0.2, -0.15) is 0 Å². The Morgan fingerprint density at radius 2 is 1.95 bits per heavy atom. The van der Waals surface area contributed by atoms with Crippen molar-refractivity contribution in [1.29, 1.82) is 0 Å². The van der Waals surface area contributed by atoms with Crippen molar-refractivity contribution in [2.24, 2.45) is 5.73 Å². The molecular formula is C13H16FN3O4. The van der Waals surface area contributed by atoms with E-state index >= 15 is 0 Å². The highest BCUT2D eigenvalue weighted by atomic mass is 19.1. The number of benzene rings is 1. The number of aromatic carboxylic acids is 1. The van der Waals surface area contributed by atoms with Gasteiger partial charge in [0.05, 0.1) is 11.3 Å². The van der Waals surface area contributed by atoms with Crippen LogP contribution in [0.1, 0.15) is 29.6 Å². The third-order valence-electron chi connectivity index (χ3n) is 2.60. The highest BCUT2D eigenvalue weighted by molar-refractivity contribution is 5.99. The number of nitrogens with two attached hydrogens (primary N) is 1. The summed E-state index contributed by atoms with van der Waals surface area (Å²) in [6.07, 6.45) is 1.32. The van der Waals surface area contributed by atoms with Crippen molar-refractivity contribution in [1.82, 2.24) is 5.32 Å². The maximum absolute atomic E-state index is 13.1. The average molecular weight is 297 g/mol. The molecule has 0 aliphatic heterocycles. The van der Waals surface area contributed by atoms with E-state index in [0.717, 1.165) is 18.2 Å². The van der Waals surface area contributed by atoms with E-state index < -0.39 is 23.7 Å². The minimum Gasteiger partial charge on any atom is -0.478 e. The maximum Gasteiger partial charge on any atom is 0.337 e. The number of carbonyl (C=O) groups excluding carboxylic acids is 2. The van der Waals surface area contributed by atoms with Crippen LogP contribution in [0.15, 0.2) is 18.2 Å². The van der Waals surface area contributed by atoms with Crippen molar-refractivity contribution < 1.29 is 23.9 Å². The van der Waals surface area contributed by atoms with Crippen LogP contribution >= 0.6 is 0 Å². The summed E-state index contributed by atoms with van der Waals surface area (Å²) in [7, 11) is 0. The first-order valence-corrected chi connectivity index (χ1v) is 6.26. The molecule has 0 heterocycles. The summed E-state index contributed by atoms with van der Waals surface area (Å²) in [4.78, 5) is 33.0. The quantitative estimate of drug-likeness (QED) is 0.567. The van der Waals surface area contributed by atoms with E-state index in [1.807, 2.05) is 0 Å². The van der Waals surface area contributed by atoms with E-state index in [4.69, 9.17) is 10.8 Å². The monoisotopic (exact) mass is 297 g/mol. The Kier molecular flexibility index (Phi) is 6.12. The van der Waals surface area contributed by atoms with E-state index in [1.54, 1.807) is 0 Å². The zero-order valence-electron chi connectivity index (χ0n) is 11.2. The molecule has 0 bridgehead atoms. The number of rotatable bonds is 7. The van der Waals surface area contributed by atoms with Crippen LogP contribution < -0.4 is 16.4 Å². The molecule has 3 amide bonds. The lowest BCUT2D eigenvalue weighted by atomic mass is 10.2. The summed E-state index contributed by atoms with van der Waals surface area (Å²) in [6, 6.07) is 2.34. The maximum atomic E-state index is 13.1. The molecule has 0 fully saturated rings. The lowest BCUT2D eigenvalue weighted by Gasteiger charge is -2.10. The van der Waals surface area contributed by atoms with Crippen LogP contribution in [-0.2, 0) is 4.79 Å². The van der Waals surface area contributed by atoms with Gasteiger partial charge in [0, 0.05) is 13.0 Å². The summed E-state index contributed by atoms with van der Waals surface area (Å²) in [5.74, 6) is -2.34. The lowest BCUT2D eigenvalue weighted by molar-refractivity contribution is -0.118. The van der Waals surface area contributed by atoms with Crippen LogP contribution in [-0.4, -0.2) is 29.6 Å². The molecule has 0 unspecified atom stereocenters. The van der Waals surface area contributed by atoms with Gasteiger partial charge < -0.3 is 21.5 Å². The molecule has 7 nitrogen and oxygen atoms in total. The van der Waals surface area contributed by atoms with Gasteiger partial charge in [-0.15, -0.1) is 0 Å². The van der Waals surface area contributed by atoms with Crippen LogP contribution in [0.2, 0.25) is 0 Å². The van der Waals surface area contributed by atoms with Crippen LogP contribution in [0.3, 0.4) is 0 Å². The normalized spacial score (nSPS) is 9.95. The zero-order chi connectivity index (χ0) is 15.8. The van der Waals surface area contributed by atoms with Gasteiger partial charge in [0.1, 0.15) is 5.82 Å². The van der Waals surface area contributed by atoms with Crippen molar-refractivity contribution in [3.63, 3.8) is 0 Å². The van der Waals surface area contributed by atoms with E-state index in [2.05, 4.69) is 10.6 Å². The summed E-state index contributed by atoms with van der Waals surface area (Å²) >= 11 is 0. The minimum atomic E-state index is -1.27. The van der Waals surface area contributed by atoms with E-state index in [1.165, 1.54) is 0 Å². The van der Waals surface area contributed by atoms with Crippen LogP contribution in [0.25, 0.3) is 0 Å². The number of hydrogen-bond donors (Lipinski definition) is 4. The second-order valence-corrected chi connectivity index (χ2v) is 4.30. The fourth-order valence-electron chi connectivity index (χ4n) is 1.60. The van der Waals surface area contributed by atoms with Gasteiger partial charge in [-0.05, 0) is 31.0 Å². The Bertz CT molecular complexity index is 548. The third-order valence-corrected chi connectivity index (χ3v) is 2.60. The van der Waals surface area contributed by atoms with Gasteiger partial charge in [0.25, 0.3) is 0 Å². The topological polar surface area (TPSA) is 122 Å². The molecule has 0 aliphatic carbocycles. The standard InChI is InChI=1S/C13H16FN3O4/c14-8-4-5-9(12(19)20)10(7-8)17-13(21)16-6-2-1-3-11(15)18/h4-5,7H,1-3,6H2,(H2,15,18)(H,19,20)(H2,16,17,21). The zero-order valence-corrected chi connectivity index (χ0v) is 11.2. The SMILES string of the molecule is NC(=O)CCCCNC(=O)Nc1cc(F)ccc1C(=O)O. The molecule has 1 rings (SSSR count). The first-order chi connectivity index (χ1) is 9.90. The Labute approximate surface area is 120 Å². The van der Waals surface area contributed by atoms with E-state index in [9.17, 15) is 18.8 Å². The number of primary amides is 1. The number of carbonyl (C=O) groups is 3. The summed E-state index contributed by atoms with van der Waals surface area (Å²) in [6.45, 7) is 0.289. The molecule has 0 spiro atoms. The molecule has 8 heteroatoms. The Hall–Kier alpha value is -2.64. The molecular weight excluding hydrogens is 281 g/mol. The van der Waals surface area contributed by atoms with Gasteiger partial charge in [0.2, 0.25) is 5.91 Å². The predicted octanol–water partition coefficient (Wildman–Crippen LogP) is 1.30. The number of halogens is 1. The Balaban J connectivity index is 2.49. The van der Waals surface area contributed by atoms with Crippen molar-refractivity contribution in [2.45, 2.75) is 19.3 Å². The average Bonchev–Trinajstić information content (AvgIpc) is 2.37. The molecule has 114 valence electrons. The molecule has 5 N–H and O–H groups in total. The van der Waals surface area contributed by atoms with Crippen LogP contribution in [0, 0.1) is 5.82 Å². The van der Waals surface area contributed by atoms with Gasteiger partial charge in [-0.25, -0.2) is 14.0 Å². The van der Waals surface area contributed by atoms with Gasteiger partial charge in [-0.3, -0.25) is 4.79 Å². The summed E-state index contributed by atoms with van der Waals surface area (Å²) < 4.78 is 13.1. The molecule has 0 atom stereocenters. The highest BCUT2D eigenvalue weighted by Crippen LogP contribution is 2.17. The molecule has 1 aromatic carbocycles. The molecule has 0 saturated heterocycles. The fraction of sp³-hybridized carbons (Fsp3) is 0.308. The highest BCUT2D eigenvalue weighted by Gasteiger charge is 2.13. The van der Waals surface area contributed by atoms with E-state index in [-0.39, 0.29) is 24.2 Å². The van der Waals surface area contributed by atoms with Crippen molar-refractivity contribution in [3.8, 4) is 0 Å². The Morgan fingerprint density at radius 3 is 2.57 bits per heavy atom. The number of urea groups is 1. The molecule has 0 radical (unpaired) electrons. The van der Waals surface area contributed by atoms with Crippen molar-refractivity contribution in [2.75, 3.05) is 11.9 Å². The molecule has 21 heavy (non-hydrogen) atoms. The second-order valence-electron chi connectivity index (χ2n) is 4.30. The molecule has 0 aromatic heterocycles. The number of carboxylic acids is 1. The Morgan fingerprint density at radius 1 is 1.24 bits per heavy atom. The molecule has 0 saturated carbocycles. The number of anilines is 1. The number of unbranched alkanes of at least 4 members (excludes halogenated alkanes) is 1.